The molecular weight excluding hydrogens is 332 g/mol. The van der Waals surface area contributed by atoms with Gasteiger partial charge in [-0.3, -0.25) is 19.3 Å². The lowest BCUT2D eigenvalue weighted by Gasteiger charge is -2.26. The van der Waals surface area contributed by atoms with Crippen LogP contribution in [0.4, 0.5) is 0 Å². The first-order valence-corrected chi connectivity index (χ1v) is 9.49. The third-order valence-electron chi connectivity index (χ3n) is 5.74. The number of ether oxygens (including phenoxy) is 1. The smallest absolute Gasteiger partial charge is 0.233 e. The second-order valence-electron chi connectivity index (χ2n) is 7.46. The maximum Gasteiger partial charge on any atom is 0.233 e. The van der Waals surface area contributed by atoms with Crippen LogP contribution in [0.25, 0.3) is 0 Å². The largest absolute Gasteiger partial charge is 0.491 e. The van der Waals surface area contributed by atoms with Gasteiger partial charge in [-0.25, -0.2) is 0 Å². The Morgan fingerprint density at radius 3 is 2.54 bits per heavy atom. The van der Waals surface area contributed by atoms with Gasteiger partial charge in [0.2, 0.25) is 17.7 Å². The Morgan fingerprint density at radius 2 is 1.81 bits per heavy atom. The van der Waals surface area contributed by atoms with E-state index in [9.17, 15) is 14.4 Å². The minimum absolute atomic E-state index is 0.0787. The number of nitrogens with one attached hydrogen (secondary N) is 1. The first-order valence-electron chi connectivity index (χ1n) is 9.49. The lowest BCUT2D eigenvalue weighted by molar-refractivity contribution is -0.140. The molecule has 1 N–H and O–H groups in total. The van der Waals surface area contributed by atoms with Gasteiger partial charge < -0.3 is 10.1 Å². The van der Waals surface area contributed by atoms with Gasteiger partial charge in [0.1, 0.15) is 12.4 Å². The van der Waals surface area contributed by atoms with E-state index in [0.29, 0.717) is 6.61 Å². The van der Waals surface area contributed by atoms with E-state index in [2.05, 4.69) is 5.32 Å². The average Bonchev–Trinajstić information content (AvgIpc) is 2.91. The number of rotatable bonds is 4. The van der Waals surface area contributed by atoms with Gasteiger partial charge in [0, 0.05) is 13.0 Å². The molecule has 4 rings (SSSR count). The van der Waals surface area contributed by atoms with Crippen LogP contribution in [0.2, 0.25) is 0 Å². The summed E-state index contributed by atoms with van der Waals surface area (Å²) in [6.07, 6.45) is 4.51. The normalized spacial score (nSPS) is 27.5. The zero-order chi connectivity index (χ0) is 18.1. The number of para-hydroxylation sites is 1. The van der Waals surface area contributed by atoms with Crippen molar-refractivity contribution in [3.63, 3.8) is 0 Å². The number of hydrogen-bond acceptors (Lipinski definition) is 4. The Hall–Kier alpha value is -2.37. The fourth-order valence-electron chi connectivity index (χ4n) is 4.39. The SMILES string of the molecule is O=C(CCN1C(=O)C2CCCCC2C1=O)NC1COc2ccccc2C1. The highest BCUT2D eigenvalue weighted by atomic mass is 16.5. The highest BCUT2D eigenvalue weighted by molar-refractivity contribution is 6.05. The van der Waals surface area contributed by atoms with Crippen molar-refractivity contribution < 1.29 is 19.1 Å². The number of imide groups is 1. The summed E-state index contributed by atoms with van der Waals surface area (Å²) in [6.45, 7) is 0.620. The van der Waals surface area contributed by atoms with Crippen LogP contribution in [0, 0.1) is 11.8 Å². The standard InChI is InChI=1S/C20H24N2O4/c23-18(21-14-11-13-5-1-4-8-17(13)26-12-14)9-10-22-19(24)15-6-2-3-7-16(15)20(22)25/h1,4-5,8,14-16H,2-3,6-7,9-12H2,(H,21,23). The van der Waals surface area contributed by atoms with E-state index in [4.69, 9.17) is 4.74 Å². The van der Waals surface area contributed by atoms with Crippen LogP contribution >= 0.6 is 0 Å². The van der Waals surface area contributed by atoms with Gasteiger partial charge in [0.05, 0.1) is 17.9 Å². The fourth-order valence-corrected chi connectivity index (χ4v) is 4.39. The Kier molecular flexibility index (Phi) is 4.66. The minimum Gasteiger partial charge on any atom is -0.491 e. The van der Waals surface area contributed by atoms with Gasteiger partial charge in [0.25, 0.3) is 0 Å². The molecule has 0 aromatic heterocycles. The number of carbonyl (C=O) groups is 3. The molecule has 0 spiro atoms. The molecule has 2 aliphatic heterocycles. The molecule has 3 atom stereocenters. The summed E-state index contributed by atoms with van der Waals surface area (Å²) < 4.78 is 5.68. The van der Waals surface area contributed by atoms with Crippen LogP contribution in [-0.2, 0) is 20.8 Å². The summed E-state index contributed by atoms with van der Waals surface area (Å²) in [6, 6.07) is 7.73. The quantitative estimate of drug-likeness (QED) is 0.833. The molecular formula is C20H24N2O4. The van der Waals surface area contributed by atoms with Crippen LogP contribution in [0.5, 0.6) is 5.75 Å². The van der Waals surface area contributed by atoms with Crippen LogP contribution in [0.3, 0.4) is 0 Å². The Bertz CT molecular complexity index is 708. The van der Waals surface area contributed by atoms with Crippen LogP contribution in [0.15, 0.2) is 24.3 Å². The maximum absolute atomic E-state index is 12.4. The number of benzene rings is 1. The van der Waals surface area contributed by atoms with Crippen molar-refractivity contribution in [2.45, 2.75) is 44.6 Å². The van der Waals surface area contributed by atoms with Crippen LogP contribution in [0.1, 0.15) is 37.7 Å². The molecule has 2 heterocycles. The summed E-state index contributed by atoms with van der Waals surface area (Å²) in [5, 5.41) is 2.96. The summed E-state index contributed by atoms with van der Waals surface area (Å²) >= 11 is 0. The Labute approximate surface area is 152 Å². The summed E-state index contributed by atoms with van der Waals surface area (Å²) in [4.78, 5) is 38.5. The first kappa shape index (κ1) is 17.1. The van der Waals surface area contributed by atoms with E-state index in [1.54, 1.807) is 0 Å². The van der Waals surface area contributed by atoms with Gasteiger partial charge in [-0.1, -0.05) is 31.0 Å². The van der Waals surface area contributed by atoms with E-state index in [1.807, 2.05) is 24.3 Å². The molecule has 138 valence electrons. The van der Waals surface area contributed by atoms with Crippen molar-refractivity contribution >= 4 is 17.7 Å². The zero-order valence-corrected chi connectivity index (χ0v) is 14.8. The second kappa shape index (κ2) is 7.09. The summed E-state index contributed by atoms with van der Waals surface area (Å²) in [5.41, 5.74) is 1.08. The maximum atomic E-state index is 12.4. The lowest BCUT2D eigenvalue weighted by Crippen LogP contribution is -2.44. The van der Waals surface area contributed by atoms with Crippen LogP contribution < -0.4 is 10.1 Å². The van der Waals surface area contributed by atoms with Gasteiger partial charge in [-0.05, 0) is 30.9 Å². The molecule has 3 unspecified atom stereocenters. The van der Waals surface area contributed by atoms with Crippen molar-refractivity contribution in [1.82, 2.24) is 10.2 Å². The van der Waals surface area contributed by atoms with Crippen molar-refractivity contribution in [2.24, 2.45) is 11.8 Å². The molecule has 0 bridgehead atoms. The molecule has 1 saturated heterocycles. The molecule has 1 aliphatic carbocycles. The van der Waals surface area contributed by atoms with Gasteiger partial charge in [0.15, 0.2) is 0 Å². The summed E-state index contributed by atoms with van der Waals surface area (Å²) in [5.74, 6) is 0.261. The highest BCUT2D eigenvalue weighted by Gasteiger charge is 2.47. The van der Waals surface area contributed by atoms with E-state index in [-0.39, 0.29) is 48.6 Å². The van der Waals surface area contributed by atoms with E-state index in [1.165, 1.54) is 4.90 Å². The second-order valence-corrected chi connectivity index (χ2v) is 7.46. The van der Waals surface area contributed by atoms with Crippen molar-refractivity contribution in [3.05, 3.63) is 29.8 Å². The first-order chi connectivity index (χ1) is 12.6. The molecule has 1 saturated carbocycles. The van der Waals surface area contributed by atoms with Crippen molar-refractivity contribution in [2.75, 3.05) is 13.2 Å². The molecule has 0 radical (unpaired) electrons. The number of fused-ring (bicyclic) bond motifs is 2. The highest BCUT2D eigenvalue weighted by Crippen LogP contribution is 2.37. The number of likely N-dealkylation sites (tertiary alicyclic amines) is 1. The van der Waals surface area contributed by atoms with E-state index in [0.717, 1.165) is 43.4 Å². The number of carbonyl (C=O) groups excluding carboxylic acids is 3. The Balaban J connectivity index is 1.29. The van der Waals surface area contributed by atoms with Gasteiger partial charge >= 0.3 is 0 Å². The molecule has 6 heteroatoms. The van der Waals surface area contributed by atoms with Crippen LogP contribution in [-0.4, -0.2) is 41.8 Å². The number of amides is 3. The third-order valence-corrected chi connectivity index (χ3v) is 5.74. The molecule has 1 aromatic rings. The monoisotopic (exact) mass is 356 g/mol. The molecule has 3 aliphatic rings. The summed E-state index contributed by atoms with van der Waals surface area (Å²) in [7, 11) is 0. The molecule has 2 fully saturated rings. The van der Waals surface area contributed by atoms with Gasteiger partial charge in [-0.15, -0.1) is 0 Å². The number of hydrogen-bond donors (Lipinski definition) is 1. The third kappa shape index (κ3) is 3.20. The molecule has 26 heavy (non-hydrogen) atoms. The topological polar surface area (TPSA) is 75.7 Å². The van der Waals surface area contributed by atoms with E-state index >= 15 is 0 Å². The molecule has 6 nitrogen and oxygen atoms in total. The van der Waals surface area contributed by atoms with Crippen molar-refractivity contribution in [1.29, 1.82) is 0 Å². The Morgan fingerprint density at radius 1 is 1.12 bits per heavy atom. The molecule has 3 amide bonds. The van der Waals surface area contributed by atoms with E-state index < -0.39 is 0 Å². The lowest BCUT2D eigenvalue weighted by atomic mass is 9.81. The number of nitrogens with zero attached hydrogens (tertiary/aromatic N) is 1. The average molecular weight is 356 g/mol. The zero-order valence-electron chi connectivity index (χ0n) is 14.8. The fraction of sp³-hybridized carbons (Fsp3) is 0.550. The predicted molar refractivity (Wildman–Crippen MR) is 94.4 cm³/mol. The molecule has 1 aromatic carbocycles. The minimum atomic E-state index is -0.150. The van der Waals surface area contributed by atoms with Gasteiger partial charge in [-0.2, -0.15) is 0 Å². The van der Waals surface area contributed by atoms with Crippen molar-refractivity contribution in [3.8, 4) is 5.75 Å². The predicted octanol–water partition coefficient (Wildman–Crippen LogP) is 1.67.